The van der Waals surface area contributed by atoms with Crippen molar-refractivity contribution in [2.24, 2.45) is 0 Å². The summed E-state index contributed by atoms with van der Waals surface area (Å²) in [6.07, 6.45) is 4.37. The van der Waals surface area contributed by atoms with Crippen LogP contribution in [0.2, 0.25) is 0 Å². The zero-order valence-electron chi connectivity index (χ0n) is 13.6. The van der Waals surface area contributed by atoms with Gasteiger partial charge in [0.25, 0.3) is 0 Å². The predicted molar refractivity (Wildman–Crippen MR) is 90.0 cm³/mol. The van der Waals surface area contributed by atoms with Crippen molar-refractivity contribution >= 4 is 0 Å². The molecule has 2 aromatic carbocycles. The average molecular weight is 296 g/mol. The van der Waals surface area contributed by atoms with Crippen LogP contribution >= 0.6 is 0 Å². The number of rotatable bonds is 2. The van der Waals surface area contributed by atoms with Crippen LogP contribution in [0.4, 0.5) is 0 Å². The quantitative estimate of drug-likeness (QED) is 0.856. The van der Waals surface area contributed by atoms with Gasteiger partial charge in [-0.3, -0.25) is 0 Å². The number of aromatic hydroxyl groups is 1. The third kappa shape index (κ3) is 2.70. The van der Waals surface area contributed by atoms with Gasteiger partial charge in [-0.2, -0.15) is 0 Å². The molecular weight excluding hydrogens is 272 g/mol. The molecule has 0 amide bonds. The monoisotopic (exact) mass is 296 g/mol. The van der Waals surface area contributed by atoms with E-state index in [1.807, 2.05) is 0 Å². The van der Waals surface area contributed by atoms with E-state index in [9.17, 15) is 5.11 Å². The minimum absolute atomic E-state index is 0.342. The lowest BCUT2D eigenvalue weighted by Gasteiger charge is -2.25. The number of methoxy groups -OCH3 is 1. The first kappa shape index (κ1) is 15.0. The summed E-state index contributed by atoms with van der Waals surface area (Å²) in [4.78, 5) is 0. The van der Waals surface area contributed by atoms with Gasteiger partial charge in [0.15, 0.2) is 0 Å². The predicted octanol–water partition coefficient (Wildman–Crippen LogP) is 4.88. The third-order valence-corrected chi connectivity index (χ3v) is 4.93. The number of fused-ring (bicyclic) bond motifs is 2. The van der Waals surface area contributed by atoms with Crippen LogP contribution in [-0.4, -0.2) is 12.2 Å². The summed E-state index contributed by atoms with van der Waals surface area (Å²) in [7, 11) is 1.68. The molecule has 1 aliphatic rings. The molecule has 2 bridgehead atoms. The van der Waals surface area contributed by atoms with Crippen molar-refractivity contribution in [2.75, 3.05) is 7.11 Å². The molecule has 22 heavy (non-hydrogen) atoms. The minimum Gasteiger partial charge on any atom is -0.508 e. The highest BCUT2D eigenvalue weighted by atomic mass is 16.5. The van der Waals surface area contributed by atoms with E-state index >= 15 is 0 Å². The Morgan fingerprint density at radius 1 is 1.05 bits per heavy atom. The first-order valence-corrected chi connectivity index (χ1v) is 8.07. The van der Waals surface area contributed by atoms with Gasteiger partial charge in [0.1, 0.15) is 11.5 Å². The van der Waals surface area contributed by atoms with Gasteiger partial charge in [0, 0.05) is 17.5 Å². The fourth-order valence-electron chi connectivity index (χ4n) is 3.43. The number of benzene rings is 2. The number of hydrogen-bond acceptors (Lipinski definition) is 2. The highest BCUT2D eigenvalue weighted by molar-refractivity contribution is 5.51. The molecule has 0 saturated carbocycles. The molecule has 0 heterocycles. The Bertz CT molecular complexity index is 688. The number of hydrogen-bond donors (Lipinski definition) is 1. The standard InChI is InChI=1S/C20H24O2/c1-13-8-9-15(10-14(13)2)17-7-5-4-6-16-11-18(17)20(22-3)12-19(16)21/h8-12,17,21H,4-7H2,1-3H3. The number of ether oxygens (including phenoxy) is 1. The van der Waals surface area contributed by atoms with Crippen molar-refractivity contribution in [3.05, 3.63) is 58.1 Å². The Morgan fingerprint density at radius 3 is 2.59 bits per heavy atom. The molecule has 1 N–H and O–H groups in total. The lowest BCUT2D eigenvalue weighted by Crippen LogP contribution is -2.08. The molecule has 2 heteroatoms. The van der Waals surface area contributed by atoms with Gasteiger partial charge in [-0.15, -0.1) is 0 Å². The highest BCUT2D eigenvalue weighted by Crippen LogP contribution is 2.41. The van der Waals surface area contributed by atoms with E-state index < -0.39 is 0 Å². The molecule has 1 unspecified atom stereocenters. The number of aryl methyl sites for hydroxylation is 3. The van der Waals surface area contributed by atoms with Gasteiger partial charge < -0.3 is 9.84 Å². The van der Waals surface area contributed by atoms with Gasteiger partial charge in [0.05, 0.1) is 7.11 Å². The largest absolute Gasteiger partial charge is 0.508 e. The molecule has 1 atom stereocenters. The van der Waals surface area contributed by atoms with Crippen LogP contribution in [0.15, 0.2) is 30.3 Å². The fourth-order valence-corrected chi connectivity index (χ4v) is 3.43. The summed E-state index contributed by atoms with van der Waals surface area (Å²) in [5.74, 6) is 1.50. The molecule has 0 radical (unpaired) electrons. The van der Waals surface area contributed by atoms with E-state index in [0.717, 1.165) is 30.6 Å². The van der Waals surface area contributed by atoms with Crippen LogP contribution in [-0.2, 0) is 6.42 Å². The molecule has 0 fully saturated rings. The summed E-state index contributed by atoms with van der Waals surface area (Å²) in [6, 6.07) is 10.7. The maximum absolute atomic E-state index is 10.2. The van der Waals surface area contributed by atoms with Crippen molar-refractivity contribution in [3.8, 4) is 11.5 Å². The summed E-state index contributed by atoms with van der Waals surface area (Å²) in [6.45, 7) is 4.32. The van der Waals surface area contributed by atoms with E-state index in [4.69, 9.17) is 4.74 Å². The smallest absolute Gasteiger partial charge is 0.126 e. The van der Waals surface area contributed by atoms with Crippen molar-refractivity contribution < 1.29 is 9.84 Å². The van der Waals surface area contributed by atoms with Gasteiger partial charge in [0.2, 0.25) is 0 Å². The maximum atomic E-state index is 10.2. The molecule has 116 valence electrons. The van der Waals surface area contributed by atoms with Gasteiger partial charge in [-0.25, -0.2) is 0 Å². The third-order valence-electron chi connectivity index (χ3n) is 4.93. The van der Waals surface area contributed by atoms with Crippen molar-refractivity contribution in [2.45, 2.75) is 45.4 Å². The molecule has 0 aromatic heterocycles. The summed E-state index contributed by atoms with van der Waals surface area (Å²) < 4.78 is 5.55. The summed E-state index contributed by atoms with van der Waals surface area (Å²) in [5, 5.41) is 10.2. The SMILES string of the molecule is COc1cc(O)c2cc1C(c1ccc(C)c(C)c1)CCCC2. The molecule has 1 aliphatic carbocycles. The second kappa shape index (κ2) is 6.04. The Hall–Kier alpha value is -1.96. The molecular formula is C20H24O2. The van der Waals surface area contributed by atoms with Crippen LogP contribution in [0.5, 0.6) is 11.5 Å². The number of phenols is 1. The van der Waals surface area contributed by atoms with Crippen LogP contribution in [0.3, 0.4) is 0 Å². The molecule has 0 spiro atoms. The Labute approximate surface area is 132 Å². The molecule has 3 rings (SSSR count). The normalized spacial score (nSPS) is 17.7. The van der Waals surface area contributed by atoms with Crippen molar-refractivity contribution in [1.82, 2.24) is 0 Å². The molecule has 0 aliphatic heterocycles. The van der Waals surface area contributed by atoms with Crippen LogP contribution in [0.25, 0.3) is 0 Å². The summed E-state index contributed by atoms with van der Waals surface area (Å²) >= 11 is 0. The lowest BCUT2D eigenvalue weighted by molar-refractivity contribution is 0.395. The topological polar surface area (TPSA) is 29.5 Å². The van der Waals surface area contributed by atoms with Gasteiger partial charge in [-0.05, 0) is 61.4 Å². The van der Waals surface area contributed by atoms with E-state index in [2.05, 4.69) is 38.1 Å². The maximum Gasteiger partial charge on any atom is 0.126 e. The Morgan fingerprint density at radius 2 is 1.86 bits per heavy atom. The zero-order chi connectivity index (χ0) is 15.7. The van der Waals surface area contributed by atoms with Crippen molar-refractivity contribution in [1.29, 1.82) is 0 Å². The fraction of sp³-hybridized carbons (Fsp3) is 0.400. The van der Waals surface area contributed by atoms with Crippen LogP contribution in [0, 0.1) is 13.8 Å². The first-order valence-electron chi connectivity index (χ1n) is 8.07. The second-order valence-electron chi connectivity index (χ2n) is 6.36. The van der Waals surface area contributed by atoms with Crippen LogP contribution in [0.1, 0.15) is 53.0 Å². The van der Waals surface area contributed by atoms with E-state index in [1.54, 1.807) is 13.2 Å². The van der Waals surface area contributed by atoms with Gasteiger partial charge >= 0.3 is 0 Å². The molecule has 2 aromatic rings. The highest BCUT2D eigenvalue weighted by Gasteiger charge is 2.22. The first-order chi connectivity index (χ1) is 10.6. The molecule has 0 saturated heterocycles. The van der Waals surface area contributed by atoms with Crippen LogP contribution < -0.4 is 4.74 Å². The second-order valence-corrected chi connectivity index (χ2v) is 6.36. The van der Waals surface area contributed by atoms with E-state index in [0.29, 0.717) is 11.7 Å². The minimum atomic E-state index is 0.342. The van der Waals surface area contributed by atoms with E-state index in [1.165, 1.54) is 28.7 Å². The zero-order valence-corrected chi connectivity index (χ0v) is 13.6. The van der Waals surface area contributed by atoms with Crippen molar-refractivity contribution in [3.63, 3.8) is 0 Å². The number of phenolic OH excluding ortho intramolecular Hbond substituents is 1. The van der Waals surface area contributed by atoms with Gasteiger partial charge in [-0.1, -0.05) is 24.6 Å². The lowest BCUT2D eigenvalue weighted by atomic mass is 9.82. The summed E-state index contributed by atoms with van der Waals surface area (Å²) in [5.41, 5.74) is 6.26. The molecule has 2 nitrogen and oxygen atoms in total. The average Bonchev–Trinajstić information content (AvgIpc) is 2.49. The Balaban J connectivity index is 2.13. The Kier molecular flexibility index (Phi) is 4.10. The van der Waals surface area contributed by atoms with E-state index in [-0.39, 0.29) is 0 Å².